The molecule has 0 aliphatic carbocycles. The number of amides is 1. The third-order valence-electron chi connectivity index (χ3n) is 4.02. The summed E-state index contributed by atoms with van der Waals surface area (Å²) in [5.74, 6) is -3.06. The zero-order valence-corrected chi connectivity index (χ0v) is 10.5. The van der Waals surface area contributed by atoms with Gasteiger partial charge in [0.05, 0.1) is 18.6 Å². The molecule has 0 saturated carbocycles. The van der Waals surface area contributed by atoms with Crippen molar-refractivity contribution in [3.8, 4) is 0 Å². The van der Waals surface area contributed by atoms with E-state index < -0.39 is 29.5 Å². The van der Waals surface area contributed by atoms with Gasteiger partial charge in [0, 0.05) is 23.5 Å². The zero-order chi connectivity index (χ0) is 13.2. The van der Waals surface area contributed by atoms with E-state index >= 15 is 0 Å². The number of thiazole rings is 1. The van der Waals surface area contributed by atoms with Crippen LogP contribution < -0.4 is 10.0 Å². The molecule has 3 aliphatic rings. The summed E-state index contributed by atoms with van der Waals surface area (Å²) in [5, 5.41) is 13.6. The zero-order valence-electron chi connectivity index (χ0n) is 9.68. The van der Waals surface area contributed by atoms with E-state index in [-0.39, 0.29) is 5.91 Å². The molecule has 98 valence electrons. The Balaban J connectivity index is 1.77. The van der Waals surface area contributed by atoms with Crippen molar-refractivity contribution in [3.05, 3.63) is 23.7 Å². The van der Waals surface area contributed by atoms with Crippen LogP contribution in [0.3, 0.4) is 0 Å². The normalized spacial score (nSPS) is 39.1. The number of nitrogens with zero attached hydrogens (tertiary/aromatic N) is 2. The van der Waals surface area contributed by atoms with Crippen LogP contribution in [0.2, 0.25) is 0 Å². The Labute approximate surface area is 112 Å². The van der Waals surface area contributed by atoms with Crippen molar-refractivity contribution in [2.45, 2.75) is 11.7 Å². The van der Waals surface area contributed by atoms with Crippen LogP contribution in [-0.4, -0.2) is 35.1 Å². The average molecular weight is 277 g/mol. The highest BCUT2D eigenvalue weighted by Gasteiger charge is 2.65. The van der Waals surface area contributed by atoms with Crippen molar-refractivity contribution in [1.82, 2.24) is 4.98 Å². The monoisotopic (exact) mass is 277 g/mol. The molecule has 2 bridgehead atoms. The van der Waals surface area contributed by atoms with Gasteiger partial charge < -0.3 is 14.6 Å². The number of carbonyl (C=O) groups excluding carboxylic acids is 2. The quantitative estimate of drug-likeness (QED) is 0.660. The van der Waals surface area contributed by atoms with Gasteiger partial charge >= 0.3 is 0 Å². The van der Waals surface area contributed by atoms with E-state index in [0.717, 1.165) is 0 Å². The molecular formula is C12H9N2O4S-. The van der Waals surface area contributed by atoms with E-state index in [1.54, 1.807) is 17.7 Å². The molecule has 1 spiro atoms. The highest BCUT2D eigenvalue weighted by atomic mass is 32.1. The van der Waals surface area contributed by atoms with Crippen molar-refractivity contribution in [3.63, 3.8) is 0 Å². The van der Waals surface area contributed by atoms with Gasteiger partial charge in [0.2, 0.25) is 5.91 Å². The fourth-order valence-corrected chi connectivity index (χ4v) is 3.93. The van der Waals surface area contributed by atoms with Gasteiger partial charge in [-0.2, -0.15) is 0 Å². The Morgan fingerprint density at radius 1 is 1.63 bits per heavy atom. The number of aliphatic carboxylic acids is 1. The highest BCUT2D eigenvalue weighted by molar-refractivity contribution is 7.13. The van der Waals surface area contributed by atoms with Crippen LogP contribution in [0.25, 0.3) is 0 Å². The molecule has 0 N–H and O–H groups in total. The summed E-state index contributed by atoms with van der Waals surface area (Å²) in [6.45, 7) is 0.320. The van der Waals surface area contributed by atoms with Crippen molar-refractivity contribution in [1.29, 1.82) is 0 Å². The largest absolute Gasteiger partial charge is 0.550 e. The minimum Gasteiger partial charge on any atom is -0.550 e. The van der Waals surface area contributed by atoms with Crippen LogP contribution in [0.4, 0.5) is 5.13 Å². The van der Waals surface area contributed by atoms with Crippen molar-refractivity contribution < 1.29 is 19.4 Å². The molecule has 6 nitrogen and oxygen atoms in total. The predicted molar refractivity (Wildman–Crippen MR) is 63.2 cm³/mol. The summed E-state index contributed by atoms with van der Waals surface area (Å²) in [4.78, 5) is 29.4. The summed E-state index contributed by atoms with van der Waals surface area (Å²) < 4.78 is 5.74. The van der Waals surface area contributed by atoms with E-state index in [2.05, 4.69) is 4.98 Å². The van der Waals surface area contributed by atoms with Gasteiger partial charge in [0.1, 0.15) is 5.60 Å². The Bertz CT molecular complexity index is 599. The van der Waals surface area contributed by atoms with Crippen LogP contribution in [0.5, 0.6) is 0 Å². The predicted octanol–water partition coefficient (Wildman–Crippen LogP) is -0.821. The molecule has 0 radical (unpaired) electrons. The van der Waals surface area contributed by atoms with Crippen molar-refractivity contribution in [2.75, 3.05) is 11.4 Å². The number of hydrogen-bond acceptors (Lipinski definition) is 6. The number of rotatable bonds is 2. The number of hydrogen-bond donors (Lipinski definition) is 0. The number of carboxylic acid groups (broad SMARTS) is 1. The van der Waals surface area contributed by atoms with Crippen LogP contribution in [0.1, 0.15) is 0 Å². The molecule has 1 amide bonds. The number of anilines is 1. The topological polar surface area (TPSA) is 82.6 Å². The number of carbonyl (C=O) groups is 2. The number of carboxylic acids is 1. The van der Waals surface area contributed by atoms with Gasteiger partial charge in [0.25, 0.3) is 0 Å². The molecule has 7 heteroatoms. The molecule has 4 rings (SSSR count). The lowest BCUT2D eigenvalue weighted by molar-refractivity contribution is -0.313. The van der Waals surface area contributed by atoms with Gasteiger partial charge in [0.15, 0.2) is 5.13 Å². The highest BCUT2D eigenvalue weighted by Crippen LogP contribution is 2.52. The maximum absolute atomic E-state index is 12.5. The SMILES string of the molecule is O=C([O-])[C@H]1[C@@H]2C=C[C@]3(CN(c4nccs4)C(=O)[C@H]13)O2. The molecule has 4 atom stereocenters. The lowest BCUT2D eigenvalue weighted by Gasteiger charge is -2.24. The molecule has 1 aromatic heterocycles. The van der Waals surface area contributed by atoms with Gasteiger partial charge in [-0.3, -0.25) is 9.69 Å². The molecule has 3 aliphatic heterocycles. The Morgan fingerprint density at radius 3 is 3.16 bits per heavy atom. The second kappa shape index (κ2) is 3.43. The standard InChI is InChI=1S/C12H10N2O4S/c15-9-8-7(10(16)17)6-1-2-12(8,18-6)5-14(9)11-13-3-4-19-11/h1-4,6-8H,5H2,(H,16,17)/p-1/t6-,7-,8-,12+/m0/s1. The molecule has 1 aromatic rings. The first-order valence-corrected chi connectivity index (χ1v) is 6.79. The minimum absolute atomic E-state index is 0.240. The van der Waals surface area contributed by atoms with E-state index in [0.29, 0.717) is 11.7 Å². The van der Waals surface area contributed by atoms with Crippen LogP contribution in [0, 0.1) is 11.8 Å². The summed E-state index contributed by atoms with van der Waals surface area (Å²) in [6, 6.07) is 0. The third-order valence-corrected chi connectivity index (χ3v) is 4.82. The van der Waals surface area contributed by atoms with Crippen LogP contribution >= 0.6 is 11.3 Å². The fourth-order valence-electron chi connectivity index (χ4n) is 3.28. The molecule has 4 heterocycles. The summed E-state index contributed by atoms with van der Waals surface area (Å²) in [5.41, 5.74) is -0.821. The first-order chi connectivity index (χ1) is 9.12. The van der Waals surface area contributed by atoms with Gasteiger partial charge in [-0.25, -0.2) is 4.98 Å². The maximum Gasteiger partial charge on any atom is 0.236 e. The molecule has 2 fully saturated rings. The fraction of sp³-hybridized carbons (Fsp3) is 0.417. The van der Waals surface area contributed by atoms with Crippen LogP contribution in [-0.2, 0) is 14.3 Å². The number of aromatic nitrogens is 1. The van der Waals surface area contributed by atoms with Crippen molar-refractivity contribution in [2.24, 2.45) is 11.8 Å². The van der Waals surface area contributed by atoms with Gasteiger partial charge in [-0.05, 0) is 0 Å². The Morgan fingerprint density at radius 2 is 2.47 bits per heavy atom. The molecular weight excluding hydrogens is 268 g/mol. The lowest BCUT2D eigenvalue weighted by atomic mass is 9.77. The smallest absolute Gasteiger partial charge is 0.236 e. The first-order valence-electron chi connectivity index (χ1n) is 5.91. The summed E-state index contributed by atoms with van der Waals surface area (Å²) in [6.07, 6.45) is 4.60. The lowest BCUT2D eigenvalue weighted by Crippen LogP contribution is -2.45. The Kier molecular flexibility index (Phi) is 2.01. The summed E-state index contributed by atoms with van der Waals surface area (Å²) >= 11 is 1.35. The summed E-state index contributed by atoms with van der Waals surface area (Å²) in [7, 11) is 0. The van der Waals surface area contributed by atoms with E-state index in [1.807, 2.05) is 6.08 Å². The molecule has 19 heavy (non-hydrogen) atoms. The van der Waals surface area contributed by atoms with Crippen LogP contribution in [0.15, 0.2) is 23.7 Å². The molecule has 2 saturated heterocycles. The molecule has 0 aromatic carbocycles. The Hall–Kier alpha value is -1.73. The average Bonchev–Trinajstić information content (AvgIpc) is 3.09. The van der Waals surface area contributed by atoms with Gasteiger partial charge in [-0.1, -0.05) is 12.2 Å². The first kappa shape index (κ1) is 11.1. The number of ether oxygens (including phenoxy) is 1. The van der Waals surface area contributed by atoms with E-state index in [9.17, 15) is 14.7 Å². The minimum atomic E-state index is -1.23. The maximum atomic E-state index is 12.5. The second-order valence-corrected chi connectivity index (χ2v) is 5.83. The third kappa shape index (κ3) is 1.26. The van der Waals surface area contributed by atoms with E-state index in [1.165, 1.54) is 16.2 Å². The second-order valence-electron chi connectivity index (χ2n) is 4.96. The van der Waals surface area contributed by atoms with Gasteiger partial charge in [-0.15, -0.1) is 11.3 Å². The number of fused-ring (bicyclic) bond motifs is 1. The van der Waals surface area contributed by atoms with Crippen molar-refractivity contribution >= 4 is 28.3 Å². The van der Waals surface area contributed by atoms with E-state index in [4.69, 9.17) is 4.74 Å². The molecule has 0 unspecified atom stereocenters.